The van der Waals surface area contributed by atoms with Gasteiger partial charge in [-0.15, -0.1) is 0 Å². The Bertz CT molecular complexity index is 198. The van der Waals surface area contributed by atoms with E-state index in [1.165, 1.54) is 25.7 Å². The van der Waals surface area contributed by atoms with E-state index >= 15 is 0 Å². The van der Waals surface area contributed by atoms with Crippen LogP contribution in [0.3, 0.4) is 0 Å². The van der Waals surface area contributed by atoms with Crippen LogP contribution in [0.25, 0.3) is 0 Å². The first-order valence-electron chi connectivity index (χ1n) is 5.97. The van der Waals surface area contributed by atoms with Crippen LogP contribution in [-0.2, 0) is 0 Å². The van der Waals surface area contributed by atoms with Crippen molar-refractivity contribution >= 4 is 11.8 Å². The summed E-state index contributed by atoms with van der Waals surface area (Å²) in [7, 11) is 0. The average molecular weight is 214 g/mol. The molecule has 1 N–H and O–H groups in total. The van der Waals surface area contributed by atoms with Gasteiger partial charge in [0.15, 0.2) is 0 Å². The predicted octanol–water partition coefficient (Wildman–Crippen LogP) is 3.07. The van der Waals surface area contributed by atoms with Crippen molar-refractivity contribution in [2.24, 2.45) is 11.8 Å². The van der Waals surface area contributed by atoms with Crippen molar-refractivity contribution in [3.8, 4) is 0 Å². The van der Waals surface area contributed by atoms with Gasteiger partial charge < -0.3 is 5.11 Å². The largest absolute Gasteiger partial charge is 0.388 e. The van der Waals surface area contributed by atoms with Gasteiger partial charge in [0.1, 0.15) is 0 Å². The molecule has 1 heterocycles. The lowest BCUT2D eigenvalue weighted by atomic mass is 9.72. The molecule has 1 saturated carbocycles. The molecule has 0 amide bonds. The van der Waals surface area contributed by atoms with Crippen molar-refractivity contribution in [3.63, 3.8) is 0 Å². The molecule has 1 aliphatic heterocycles. The summed E-state index contributed by atoms with van der Waals surface area (Å²) in [6, 6.07) is 0. The molecule has 2 unspecified atom stereocenters. The first kappa shape index (κ1) is 10.8. The van der Waals surface area contributed by atoms with Crippen LogP contribution >= 0.6 is 11.8 Å². The number of hydrogen-bond acceptors (Lipinski definition) is 2. The summed E-state index contributed by atoms with van der Waals surface area (Å²) in [5, 5.41) is 11.1. The highest BCUT2D eigenvalue weighted by Crippen LogP contribution is 2.46. The quantitative estimate of drug-likeness (QED) is 0.724. The van der Waals surface area contributed by atoms with Gasteiger partial charge >= 0.3 is 0 Å². The fourth-order valence-electron chi connectivity index (χ4n) is 3.04. The van der Waals surface area contributed by atoms with Gasteiger partial charge in [-0.05, 0) is 36.9 Å². The van der Waals surface area contributed by atoms with Gasteiger partial charge in [-0.2, -0.15) is 11.8 Å². The number of aliphatic hydroxyl groups is 1. The summed E-state index contributed by atoms with van der Waals surface area (Å²) < 4.78 is 0. The second-order valence-corrected chi connectivity index (χ2v) is 6.66. The summed E-state index contributed by atoms with van der Waals surface area (Å²) in [6.45, 7) is 4.54. The second kappa shape index (κ2) is 4.05. The first-order valence-corrected chi connectivity index (χ1v) is 7.02. The smallest absolute Gasteiger partial charge is 0.0798 e. The molecular weight excluding hydrogens is 192 g/mol. The second-order valence-electron chi connectivity index (χ2n) is 5.21. The van der Waals surface area contributed by atoms with E-state index in [0.29, 0.717) is 11.2 Å². The molecule has 0 aromatic carbocycles. The van der Waals surface area contributed by atoms with Crippen molar-refractivity contribution in [2.75, 3.05) is 5.75 Å². The normalized spacial score (nSPS) is 49.5. The Morgan fingerprint density at radius 1 is 1.14 bits per heavy atom. The zero-order valence-electron chi connectivity index (χ0n) is 9.33. The van der Waals surface area contributed by atoms with Gasteiger partial charge in [-0.1, -0.05) is 26.7 Å². The summed E-state index contributed by atoms with van der Waals surface area (Å²) in [6.07, 6.45) is 6.18. The van der Waals surface area contributed by atoms with Gasteiger partial charge in [0.2, 0.25) is 0 Å². The van der Waals surface area contributed by atoms with E-state index in [1.54, 1.807) is 0 Å². The summed E-state index contributed by atoms with van der Waals surface area (Å²) in [5.74, 6) is 2.63. The molecule has 0 aromatic heterocycles. The van der Waals surface area contributed by atoms with Gasteiger partial charge in [0, 0.05) is 5.25 Å². The lowest BCUT2D eigenvalue weighted by Crippen LogP contribution is -2.44. The minimum Gasteiger partial charge on any atom is -0.388 e. The first-order chi connectivity index (χ1) is 6.63. The maximum atomic E-state index is 10.6. The highest BCUT2D eigenvalue weighted by molar-refractivity contribution is 8.00. The highest BCUT2D eigenvalue weighted by atomic mass is 32.2. The summed E-state index contributed by atoms with van der Waals surface area (Å²) >= 11 is 1.95. The molecule has 2 aliphatic rings. The lowest BCUT2D eigenvalue weighted by molar-refractivity contribution is -0.0323. The van der Waals surface area contributed by atoms with Crippen LogP contribution < -0.4 is 0 Å². The zero-order chi connectivity index (χ0) is 10.2. The van der Waals surface area contributed by atoms with E-state index in [4.69, 9.17) is 0 Å². The number of rotatable bonds is 1. The van der Waals surface area contributed by atoms with E-state index in [-0.39, 0.29) is 5.60 Å². The average Bonchev–Trinajstić information content (AvgIpc) is 2.49. The molecule has 1 saturated heterocycles. The van der Waals surface area contributed by atoms with Crippen LogP contribution in [0.1, 0.15) is 46.0 Å². The molecule has 14 heavy (non-hydrogen) atoms. The standard InChI is InChI=1S/C12H22OS/c1-9-3-5-11(6-4-9)12(13)7-8-14-10(12)2/h9-11,13H,3-8H2,1-2H3. The Kier molecular flexibility index (Phi) is 3.13. The minimum absolute atomic E-state index is 0.329. The molecule has 2 fully saturated rings. The monoisotopic (exact) mass is 214 g/mol. The van der Waals surface area contributed by atoms with Crippen LogP contribution in [0.2, 0.25) is 0 Å². The molecular formula is C12H22OS. The van der Waals surface area contributed by atoms with Crippen LogP contribution in [0.15, 0.2) is 0 Å². The Morgan fingerprint density at radius 3 is 2.29 bits per heavy atom. The minimum atomic E-state index is -0.329. The lowest BCUT2D eigenvalue weighted by Gasteiger charge is -2.39. The molecule has 0 bridgehead atoms. The molecule has 0 aromatic rings. The molecule has 2 heteroatoms. The van der Waals surface area contributed by atoms with Crippen LogP contribution in [0.4, 0.5) is 0 Å². The Hall–Kier alpha value is 0.310. The maximum Gasteiger partial charge on any atom is 0.0798 e. The maximum absolute atomic E-state index is 10.6. The molecule has 0 spiro atoms. The van der Waals surface area contributed by atoms with Crippen molar-refractivity contribution in [3.05, 3.63) is 0 Å². The summed E-state index contributed by atoms with van der Waals surface area (Å²) in [4.78, 5) is 0. The van der Waals surface area contributed by atoms with E-state index in [9.17, 15) is 5.11 Å². The van der Waals surface area contributed by atoms with Crippen LogP contribution in [0, 0.1) is 11.8 Å². The zero-order valence-corrected chi connectivity index (χ0v) is 10.1. The van der Waals surface area contributed by atoms with E-state index in [2.05, 4.69) is 13.8 Å². The van der Waals surface area contributed by atoms with Crippen molar-refractivity contribution < 1.29 is 5.11 Å². The van der Waals surface area contributed by atoms with Gasteiger partial charge in [0.05, 0.1) is 5.60 Å². The Morgan fingerprint density at radius 2 is 1.79 bits per heavy atom. The summed E-state index contributed by atoms with van der Waals surface area (Å²) in [5.41, 5.74) is -0.329. The van der Waals surface area contributed by atoms with Gasteiger partial charge in [-0.3, -0.25) is 0 Å². The van der Waals surface area contributed by atoms with E-state index in [1.807, 2.05) is 11.8 Å². The van der Waals surface area contributed by atoms with Crippen LogP contribution in [-0.4, -0.2) is 21.7 Å². The fourth-order valence-corrected chi connectivity index (χ4v) is 4.44. The third-order valence-corrected chi connectivity index (χ3v) is 5.65. The Labute approximate surface area is 91.7 Å². The molecule has 1 aliphatic carbocycles. The fraction of sp³-hybridized carbons (Fsp3) is 1.00. The molecule has 2 atom stereocenters. The third kappa shape index (κ3) is 1.83. The topological polar surface area (TPSA) is 20.2 Å². The predicted molar refractivity (Wildman–Crippen MR) is 62.6 cm³/mol. The SMILES string of the molecule is CC1CCC(C2(O)CCSC2C)CC1. The van der Waals surface area contributed by atoms with Gasteiger partial charge in [0.25, 0.3) is 0 Å². The molecule has 1 nitrogen and oxygen atoms in total. The van der Waals surface area contributed by atoms with E-state index in [0.717, 1.165) is 18.1 Å². The molecule has 0 radical (unpaired) electrons. The Balaban J connectivity index is 2.00. The molecule has 82 valence electrons. The number of thioether (sulfide) groups is 1. The van der Waals surface area contributed by atoms with Crippen LogP contribution in [0.5, 0.6) is 0 Å². The van der Waals surface area contributed by atoms with Crippen molar-refractivity contribution in [1.82, 2.24) is 0 Å². The van der Waals surface area contributed by atoms with Crippen molar-refractivity contribution in [2.45, 2.75) is 56.8 Å². The van der Waals surface area contributed by atoms with Gasteiger partial charge in [-0.25, -0.2) is 0 Å². The van der Waals surface area contributed by atoms with E-state index < -0.39 is 0 Å². The third-order valence-electron chi connectivity index (χ3n) is 4.30. The highest BCUT2D eigenvalue weighted by Gasteiger charge is 2.45. The molecule has 2 rings (SSSR count). The van der Waals surface area contributed by atoms with Crippen molar-refractivity contribution in [1.29, 1.82) is 0 Å². The number of hydrogen-bond donors (Lipinski definition) is 1.